The quantitative estimate of drug-likeness (QED) is 0.472. The van der Waals surface area contributed by atoms with Crippen LogP contribution < -0.4 is 10.5 Å². The summed E-state index contributed by atoms with van der Waals surface area (Å²) in [5.74, 6) is -0.337. The van der Waals surface area contributed by atoms with Gasteiger partial charge >= 0.3 is 5.97 Å². The molecular formula is C28H34ClN3O4S. The van der Waals surface area contributed by atoms with Crippen LogP contribution in [0.5, 0.6) is 0 Å². The number of hydrogen-bond acceptors (Lipinski definition) is 6. The molecule has 0 unspecified atom stereocenters. The molecule has 2 heterocycles. The Bertz CT molecular complexity index is 1340. The van der Waals surface area contributed by atoms with Gasteiger partial charge in [0.2, 0.25) is 10.0 Å². The average Bonchev–Trinajstić information content (AvgIpc) is 3.46. The summed E-state index contributed by atoms with van der Waals surface area (Å²) in [5, 5.41) is 0.451. The number of rotatable bonds is 7. The fourth-order valence-corrected chi connectivity index (χ4v) is 7.14. The van der Waals surface area contributed by atoms with Crippen molar-refractivity contribution in [2.24, 2.45) is 5.73 Å². The average molecular weight is 544 g/mol. The Morgan fingerprint density at radius 2 is 1.78 bits per heavy atom. The van der Waals surface area contributed by atoms with E-state index >= 15 is 0 Å². The summed E-state index contributed by atoms with van der Waals surface area (Å²) in [7, 11) is -3.48. The minimum atomic E-state index is -3.48. The smallest absolute Gasteiger partial charge is 0.341 e. The Balaban J connectivity index is 1.39. The number of anilines is 1. The van der Waals surface area contributed by atoms with E-state index in [2.05, 4.69) is 9.62 Å². The molecule has 0 atom stereocenters. The molecule has 0 amide bonds. The van der Waals surface area contributed by atoms with Crippen molar-refractivity contribution in [1.29, 1.82) is 0 Å². The third-order valence-corrected chi connectivity index (χ3v) is 9.40. The largest absolute Gasteiger partial charge is 0.449 e. The Labute approximate surface area is 224 Å². The van der Waals surface area contributed by atoms with Gasteiger partial charge in [-0.2, -0.15) is 0 Å². The van der Waals surface area contributed by atoms with Gasteiger partial charge in [0.25, 0.3) is 0 Å². The molecule has 198 valence electrons. The molecule has 2 aromatic carbocycles. The van der Waals surface area contributed by atoms with Gasteiger partial charge in [-0.25, -0.2) is 13.2 Å². The minimum absolute atomic E-state index is 0.0555. The highest BCUT2D eigenvalue weighted by atomic mass is 35.5. The number of nitrogens with two attached hydrogens (primary N) is 1. The second kappa shape index (κ2) is 10.3. The van der Waals surface area contributed by atoms with E-state index in [9.17, 15) is 13.2 Å². The first-order valence-corrected chi connectivity index (χ1v) is 15.1. The lowest BCUT2D eigenvalue weighted by Crippen LogP contribution is -2.37. The van der Waals surface area contributed by atoms with E-state index in [0.717, 1.165) is 74.7 Å². The number of benzene rings is 2. The highest BCUT2D eigenvalue weighted by molar-refractivity contribution is 7.92. The maximum absolute atomic E-state index is 12.9. The van der Waals surface area contributed by atoms with Crippen molar-refractivity contribution in [2.75, 3.05) is 30.1 Å². The van der Waals surface area contributed by atoms with Gasteiger partial charge in [0.1, 0.15) is 0 Å². The number of ether oxygens (including phenoxy) is 1. The normalized spacial score (nSPS) is 20.0. The molecule has 3 aliphatic rings. The molecule has 1 saturated heterocycles. The lowest BCUT2D eigenvalue weighted by Gasteiger charge is -2.32. The molecule has 0 bridgehead atoms. The van der Waals surface area contributed by atoms with Crippen molar-refractivity contribution in [3.05, 3.63) is 58.2 Å². The van der Waals surface area contributed by atoms with Crippen molar-refractivity contribution < 1.29 is 17.9 Å². The lowest BCUT2D eigenvalue weighted by atomic mass is 9.81. The van der Waals surface area contributed by atoms with Crippen molar-refractivity contribution in [1.82, 2.24) is 4.90 Å². The fourth-order valence-electron chi connectivity index (χ4n) is 5.78. The molecule has 2 aromatic rings. The minimum Gasteiger partial charge on any atom is -0.449 e. The van der Waals surface area contributed by atoms with Gasteiger partial charge in [-0.1, -0.05) is 30.2 Å². The van der Waals surface area contributed by atoms with E-state index in [-0.39, 0.29) is 5.75 Å². The van der Waals surface area contributed by atoms with Crippen LogP contribution in [0.1, 0.15) is 56.1 Å². The van der Waals surface area contributed by atoms with Gasteiger partial charge < -0.3 is 15.4 Å². The Hall–Kier alpha value is -2.55. The van der Waals surface area contributed by atoms with E-state index in [1.807, 2.05) is 19.1 Å². The molecule has 1 spiro atoms. The number of nitrogens with zero attached hydrogens (tertiary/aromatic N) is 1. The molecule has 9 heteroatoms. The fraction of sp³-hybridized carbons (Fsp3) is 0.464. The third kappa shape index (κ3) is 5.38. The zero-order chi connectivity index (χ0) is 26.2. The first-order valence-electron chi connectivity index (χ1n) is 13.0. The third-order valence-electron chi connectivity index (χ3n) is 7.82. The number of sulfonamides is 1. The van der Waals surface area contributed by atoms with Crippen LogP contribution in [0.4, 0.5) is 5.69 Å². The summed E-state index contributed by atoms with van der Waals surface area (Å²) in [5.41, 5.74) is 10.3. The summed E-state index contributed by atoms with van der Waals surface area (Å²) in [6.07, 6.45) is 6.84. The molecule has 7 nitrogen and oxygen atoms in total. The summed E-state index contributed by atoms with van der Waals surface area (Å²) >= 11 is 6.74. The number of carbonyl (C=O) groups excluding carboxylic acids is 1. The van der Waals surface area contributed by atoms with E-state index in [1.54, 1.807) is 24.3 Å². The van der Waals surface area contributed by atoms with Gasteiger partial charge in [0.15, 0.2) is 5.60 Å². The molecule has 3 N–H and O–H groups in total. The predicted octanol–water partition coefficient (Wildman–Crippen LogP) is 5.08. The number of likely N-dealkylation sites (tertiary alicyclic amines) is 1. The van der Waals surface area contributed by atoms with E-state index < -0.39 is 21.6 Å². The highest BCUT2D eigenvalue weighted by Gasteiger charge is 2.47. The summed E-state index contributed by atoms with van der Waals surface area (Å²) < 4.78 is 33.9. The lowest BCUT2D eigenvalue weighted by molar-refractivity contribution is -0.147. The second-order valence-electron chi connectivity index (χ2n) is 10.4. The van der Waals surface area contributed by atoms with E-state index in [4.69, 9.17) is 22.1 Å². The Morgan fingerprint density at radius 3 is 2.51 bits per heavy atom. The molecule has 5 rings (SSSR count). The van der Waals surface area contributed by atoms with Crippen LogP contribution >= 0.6 is 11.6 Å². The molecule has 0 radical (unpaired) electrons. The Kier molecular flexibility index (Phi) is 7.27. The van der Waals surface area contributed by atoms with Crippen molar-refractivity contribution >= 4 is 38.9 Å². The number of nitrogens with one attached hydrogen (secondary N) is 1. The van der Waals surface area contributed by atoms with Crippen LogP contribution in [-0.2, 0) is 19.6 Å². The zero-order valence-electron chi connectivity index (χ0n) is 21.2. The number of carbonyl (C=O) groups is 1. The van der Waals surface area contributed by atoms with Gasteiger partial charge in [-0.15, -0.1) is 0 Å². The molecule has 1 aliphatic carbocycles. The number of halogens is 1. The van der Waals surface area contributed by atoms with E-state index in [0.29, 0.717) is 34.1 Å². The SMILES string of the molecule is Cc1cc(-c2cccc(NS(=O)(=O)CCN3CCCC3)c2)c(Cl)cc1C1=C(N)C2(CCCCC2)OC1=O. The summed E-state index contributed by atoms with van der Waals surface area (Å²) in [6.45, 7) is 4.37. The number of hydrogen-bond donors (Lipinski definition) is 2. The van der Waals surface area contributed by atoms with Crippen LogP contribution in [0.15, 0.2) is 42.1 Å². The van der Waals surface area contributed by atoms with Crippen LogP contribution in [0, 0.1) is 6.92 Å². The number of esters is 1. The monoisotopic (exact) mass is 543 g/mol. The molecule has 37 heavy (non-hydrogen) atoms. The van der Waals surface area contributed by atoms with E-state index in [1.165, 1.54) is 0 Å². The molecule has 2 fully saturated rings. The standard InChI is InChI=1S/C28H34ClN3O4S/c1-19-16-23(20-8-7-9-21(17-20)31-37(34,35)15-14-32-12-5-6-13-32)24(29)18-22(19)25-26(30)28(36-27(25)33)10-3-2-4-11-28/h7-9,16-18,31H,2-6,10-15,30H2,1H3. The Morgan fingerprint density at radius 1 is 1.05 bits per heavy atom. The van der Waals surface area contributed by atoms with Crippen LogP contribution in [0.3, 0.4) is 0 Å². The summed E-state index contributed by atoms with van der Waals surface area (Å²) in [4.78, 5) is 15.1. The van der Waals surface area contributed by atoms with Gasteiger partial charge in [-0.05, 0) is 99.5 Å². The van der Waals surface area contributed by atoms with Crippen molar-refractivity contribution in [3.63, 3.8) is 0 Å². The topological polar surface area (TPSA) is 102 Å². The van der Waals surface area contributed by atoms with Crippen LogP contribution in [0.25, 0.3) is 16.7 Å². The maximum Gasteiger partial charge on any atom is 0.341 e. The van der Waals surface area contributed by atoms with Gasteiger partial charge in [0.05, 0.1) is 17.0 Å². The molecular weight excluding hydrogens is 510 g/mol. The number of aryl methyl sites for hydroxylation is 1. The highest BCUT2D eigenvalue weighted by Crippen LogP contribution is 2.45. The molecule has 0 aromatic heterocycles. The van der Waals surface area contributed by atoms with Crippen molar-refractivity contribution in [2.45, 2.75) is 57.5 Å². The molecule has 1 saturated carbocycles. The first kappa shape index (κ1) is 26.1. The van der Waals surface area contributed by atoms with Gasteiger partial charge in [-0.3, -0.25) is 4.72 Å². The summed E-state index contributed by atoms with van der Waals surface area (Å²) in [6, 6.07) is 10.9. The van der Waals surface area contributed by atoms with Crippen LogP contribution in [0.2, 0.25) is 5.02 Å². The van der Waals surface area contributed by atoms with Crippen LogP contribution in [-0.4, -0.2) is 50.3 Å². The van der Waals surface area contributed by atoms with Gasteiger partial charge in [0, 0.05) is 22.8 Å². The maximum atomic E-state index is 12.9. The predicted molar refractivity (Wildman–Crippen MR) is 148 cm³/mol. The molecule has 2 aliphatic heterocycles. The van der Waals surface area contributed by atoms with Crippen molar-refractivity contribution in [3.8, 4) is 11.1 Å². The zero-order valence-corrected chi connectivity index (χ0v) is 22.8. The second-order valence-corrected chi connectivity index (χ2v) is 12.7. The first-order chi connectivity index (χ1) is 17.7.